The van der Waals surface area contributed by atoms with Gasteiger partial charge in [0.2, 0.25) is 0 Å². The molecule has 1 aromatic carbocycles. The van der Waals surface area contributed by atoms with Crippen molar-refractivity contribution in [2.45, 2.75) is 138 Å². The molecular weight excluding hydrogens is 456 g/mol. The van der Waals surface area contributed by atoms with Crippen molar-refractivity contribution in [1.82, 2.24) is 0 Å². The van der Waals surface area contributed by atoms with Gasteiger partial charge in [0.05, 0.1) is 12.7 Å². The molecule has 0 radical (unpaired) electrons. The van der Waals surface area contributed by atoms with Crippen molar-refractivity contribution in [2.75, 3.05) is 7.11 Å². The summed E-state index contributed by atoms with van der Waals surface area (Å²) in [7, 11) is 1.70. The van der Waals surface area contributed by atoms with Gasteiger partial charge in [-0.05, 0) is 50.0 Å². The average Bonchev–Trinajstić information content (AvgIpc) is 3.01. The average molecular weight is 519 g/mol. The molecule has 216 valence electrons. The van der Waals surface area contributed by atoms with Crippen molar-refractivity contribution in [1.29, 1.82) is 0 Å². The minimum Gasteiger partial charge on any atom is -0.393 e. The fourth-order valence-corrected chi connectivity index (χ4v) is 4.10. The van der Waals surface area contributed by atoms with Gasteiger partial charge in [-0.1, -0.05) is 135 Å². The summed E-state index contributed by atoms with van der Waals surface area (Å²) in [5.41, 5.74) is 2.52. The molecule has 1 saturated carbocycles. The van der Waals surface area contributed by atoms with E-state index in [9.17, 15) is 9.90 Å². The van der Waals surface area contributed by atoms with Gasteiger partial charge in [-0.3, -0.25) is 0 Å². The fraction of sp³-hybridized carbons (Fsp3) is 0.735. The highest BCUT2D eigenvalue weighted by Crippen LogP contribution is 2.26. The summed E-state index contributed by atoms with van der Waals surface area (Å²) >= 11 is 0. The van der Waals surface area contributed by atoms with Crippen LogP contribution in [0.1, 0.15) is 131 Å². The van der Waals surface area contributed by atoms with E-state index in [0.29, 0.717) is 6.61 Å². The molecule has 0 amide bonds. The Kier molecular flexibility index (Phi) is 28.1. The summed E-state index contributed by atoms with van der Waals surface area (Å²) < 4.78 is 4.93. The van der Waals surface area contributed by atoms with Crippen LogP contribution in [0.4, 0.5) is 0 Å². The molecule has 1 aliphatic rings. The predicted molar refractivity (Wildman–Crippen MR) is 163 cm³/mol. The molecule has 3 heteroatoms. The van der Waals surface area contributed by atoms with Crippen LogP contribution >= 0.6 is 0 Å². The number of aliphatic hydroxyl groups excluding tert-OH is 1. The Hall–Kier alpha value is -1.45. The number of methoxy groups -OCH3 is 1. The van der Waals surface area contributed by atoms with E-state index in [-0.39, 0.29) is 12.0 Å². The zero-order valence-electron chi connectivity index (χ0n) is 25.8. The molecule has 1 aliphatic carbocycles. The first kappa shape index (κ1) is 37.7. The maximum Gasteiger partial charge on any atom is 0.122 e. The molecule has 4 atom stereocenters. The maximum absolute atomic E-state index is 9.74. The fourth-order valence-electron chi connectivity index (χ4n) is 4.10. The maximum atomic E-state index is 9.74. The summed E-state index contributed by atoms with van der Waals surface area (Å²) in [6.07, 6.45) is 18.6. The third-order valence-corrected chi connectivity index (χ3v) is 7.07. The first-order chi connectivity index (χ1) is 17.8. The van der Waals surface area contributed by atoms with Gasteiger partial charge in [-0.25, -0.2) is 0 Å². The molecule has 3 nitrogen and oxygen atoms in total. The number of ether oxygens (including phenoxy) is 1. The van der Waals surface area contributed by atoms with Crippen LogP contribution in [0.15, 0.2) is 42.0 Å². The summed E-state index contributed by atoms with van der Waals surface area (Å²) in [6.45, 7) is 15.6. The van der Waals surface area contributed by atoms with Crippen LogP contribution < -0.4 is 0 Å². The summed E-state index contributed by atoms with van der Waals surface area (Å²) in [5, 5.41) is 9.21. The van der Waals surface area contributed by atoms with Gasteiger partial charge in [0.25, 0.3) is 0 Å². The third-order valence-electron chi connectivity index (χ3n) is 7.07. The van der Waals surface area contributed by atoms with Gasteiger partial charge >= 0.3 is 0 Å². The second kappa shape index (κ2) is 27.6. The third kappa shape index (κ3) is 26.0. The number of rotatable bonds is 9. The molecular formula is C34H62O3. The minimum atomic E-state index is -0.136. The van der Waals surface area contributed by atoms with Crippen molar-refractivity contribution >= 4 is 6.29 Å². The SMILES string of the molecule is CC/C=C(/C)CC(O)CC.CCC(C)C=O.CCC1CCCCCC(C)CC1.COCc1ccccc1. The second-order valence-electron chi connectivity index (χ2n) is 10.8. The van der Waals surface area contributed by atoms with Crippen LogP contribution in [0.2, 0.25) is 0 Å². The zero-order valence-corrected chi connectivity index (χ0v) is 25.8. The van der Waals surface area contributed by atoms with Crippen molar-refractivity contribution < 1.29 is 14.6 Å². The van der Waals surface area contributed by atoms with Gasteiger partial charge in [0.1, 0.15) is 6.29 Å². The van der Waals surface area contributed by atoms with Gasteiger partial charge in [0, 0.05) is 13.0 Å². The Morgan fingerprint density at radius 2 is 1.65 bits per heavy atom. The number of aliphatic hydroxyl groups is 1. The Morgan fingerprint density at radius 3 is 2.14 bits per heavy atom. The van der Waals surface area contributed by atoms with E-state index >= 15 is 0 Å². The number of allylic oxidation sites excluding steroid dienone is 1. The van der Waals surface area contributed by atoms with Crippen LogP contribution in [-0.2, 0) is 16.1 Å². The number of carbonyl (C=O) groups is 1. The summed E-state index contributed by atoms with van der Waals surface area (Å²) in [6, 6.07) is 10.1. The molecule has 1 aromatic rings. The molecule has 1 fully saturated rings. The van der Waals surface area contributed by atoms with E-state index < -0.39 is 0 Å². The van der Waals surface area contributed by atoms with Crippen LogP contribution in [0.3, 0.4) is 0 Å². The van der Waals surface area contributed by atoms with Crippen molar-refractivity contribution in [2.24, 2.45) is 17.8 Å². The van der Waals surface area contributed by atoms with Gasteiger partial charge in [0.15, 0.2) is 0 Å². The highest BCUT2D eigenvalue weighted by atomic mass is 16.5. The van der Waals surface area contributed by atoms with Crippen molar-refractivity contribution in [3.63, 3.8) is 0 Å². The highest BCUT2D eigenvalue weighted by molar-refractivity contribution is 5.52. The first-order valence-corrected chi connectivity index (χ1v) is 15.1. The number of hydrogen-bond donors (Lipinski definition) is 1. The standard InChI is InChI=1S/C12H24.C9H18O.C8H10O.C5H10O/c1-3-12-8-6-4-5-7-11(2)9-10-12;1-4-6-8(3)7-9(10)5-2;1-9-7-8-5-3-2-4-6-8;1-3-5(2)4-6/h11-12H,3-10H2,1-2H3;6,9-10H,4-5,7H2,1-3H3;2-6H,7H2,1H3;4-5H,3H2,1-2H3/b;8-6-;;. The van der Waals surface area contributed by atoms with Crippen molar-refractivity contribution in [3.05, 3.63) is 47.5 Å². The summed E-state index contributed by atoms with van der Waals surface area (Å²) in [4.78, 5) is 9.74. The lowest BCUT2D eigenvalue weighted by Gasteiger charge is -2.14. The Morgan fingerprint density at radius 1 is 1.00 bits per heavy atom. The minimum absolute atomic E-state index is 0.136. The zero-order chi connectivity index (χ0) is 28.3. The van der Waals surface area contributed by atoms with E-state index in [0.717, 1.165) is 43.8 Å². The molecule has 0 saturated heterocycles. The largest absolute Gasteiger partial charge is 0.393 e. The number of benzene rings is 1. The molecule has 0 spiro atoms. The smallest absolute Gasteiger partial charge is 0.122 e. The normalized spacial score (nSPS) is 19.5. The predicted octanol–water partition coefficient (Wildman–Crippen LogP) is 9.96. The number of hydrogen-bond acceptors (Lipinski definition) is 3. The number of carbonyl (C=O) groups excluding carboxylic acids is 1. The van der Waals surface area contributed by atoms with Crippen LogP contribution in [0, 0.1) is 17.8 Å². The Labute approximate surface area is 231 Å². The first-order valence-electron chi connectivity index (χ1n) is 15.1. The molecule has 37 heavy (non-hydrogen) atoms. The highest BCUT2D eigenvalue weighted by Gasteiger charge is 2.11. The van der Waals surface area contributed by atoms with E-state index in [2.05, 4.69) is 33.8 Å². The van der Waals surface area contributed by atoms with Gasteiger partial charge in [-0.15, -0.1) is 0 Å². The lowest BCUT2D eigenvalue weighted by atomic mass is 9.92. The Balaban J connectivity index is 0. The molecule has 0 aromatic heterocycles. The Bertz CT molecular complexity index is 625. The quantitative estimate of drug-likeness (QED) is 0.261. The molecule has 1 N–H and O–H groups in total. The van der Waals surface area contributed by atoms with Crippen LogP contribution in [-0.4, -0.2) is 24.6 Å². The number of aldehydes is 1. The lowest BCUT2D eigenvalue weighted by molar-refractivity contribution is -0.110. The lowest BCUT2D eigenvalue weighted by Crippen LogP contribution is -2.03. The molecule has 0 bridgehead atoms. The molecule has 2 rings (SSSR count). The van der Waals surface area contributed by atoms with Gasteiger partial charge in [-0.2, -0.15) is 0 Å². The summed E-state index contributed by atoms with van der Waals surface area (Å²) in [5.74, 6) is 2.30. The van der Waals surface area contributed by atoms with E-state index in [1.54, 1.807) is 7.11 Å². The monoisotopic (exact) mass is 518 g/mol. The van der Waals surface area contributed by atoms with Crippen LogP contribution in [0.25, 0.3) is 0 Å². The molecule has 0 heterocycles. The second-order valence-corrected chi connectivity index (χ2v) is 10.8. The van der Waals surface area contributed by atoms with Crippen molar-refractivity contribution in [3.8, 4) is 0 Å². The van der Waals surface area contributed by atoms with Crippen LogP contribution in [0.5, 0.6) is 0 Å². The topological polar surface area (TPSA) is 46.5 Å². The van der Waals surface area contributed by atoms with E-state index in [1.165, 1.54) is 62.5 Å². The van der Waals surface area contributed by atoms with E-state index in [4.69, 9.17) is 4.74 Å². The van der Waals surface area contributed by atoms with Gasteiger partial charge < -0.3 is 14.6 Å². The molecule has 0 aliphatic heterocycles. The van der Waals surface area contributed by atoms with E-state index in [1.807, 2.05) is 51.1 Å². The molecule has 4 unspecified atom stereocenters.